The smallest absolute Gasteiger partial charge is 0.315 e. The molecule has 0 radical (unpaired) electrons. The SMILES string of the molecule is CN(CCCCN)CC(=O)N(CC(=O)N(CC(=O)N[C@@H](CCCCNC(=O)CCCCC1SC[C@@H]2NC(=O)N[C@H]12)C(N)=O)Cc1ccccc1)Cc1ccccc1. The number of nitrogens with zero attached hydrogens (tertiary/aromatic N) is 3. The van der Waals surface area contributed by atoms with Crippen molar-refractivity contribution in [3.8, 4) is 0 Å². The van der Waals surface area contributed by atoms with Gasteiger partial charge in [0, 0.05) is 37.1 Å². The summed E-state index contributed by atoms with van der Waals surface area (Å²) in [6.07, 6.45) is 6.11. The molecule has 0 saturated carbocycles. The minimum atomic E-state index is -0.958. The number of nitrogens with one attached hydrogen (secondary N) is 4. The maximum Gasteiger partial charge on any atom is 0.315 e. The molecule has 1 unspecified atom stereocenters. The Morgan fingerprint density at radius 2 is 1.46 bits per heavy atom. The number of benzene rings is 2. The number of carbonyl (C=O) groups excluding carboxylic acids is 6. The highest BCUT2D eigenvalue weighted by molar-refractivity contribution is 8.00. The van der Waals surface area contributed by atoms with Gasteiger partial charge in [-0.25, -0.2) is 4.79 Å². The Kier molecular flexibility index (Phi) is 19.1. The molecule has 2 saturated heterocycles. The molecule has 0 bridgehead atoms. The van der Waals surface area contributed by atoms with E-state index in [1.165, 1.54) is 9.80 Å². The number of rotatable bonds is 26. The third-order valence-corrected chi connectivity index (χ3v) is 11.7. The summed E-state index contributed by atoms with van der Waals surface area (Å²) in [6, 6.07) is 18.0. The highest BCUT2D eigenvalue weighted by Crippen LogP contribution is 2.33. The second-order valence-electron chi connectivity index (χ2n) is 14.9. The predicted octanol–water partition coefficient (Wildman–Crippen LogP) is 1.70. The summed E-state index contributed by atoms with van der Waals surface area (Å²) in [5.74, 6) is -0.996. The fourth-order valence-electron chi connectivity index (χ4n) is 7.03. The quantitative estimate of drug-likeness (QED) is 0.0603. The highest BCUT2D eigenvalue weighted by Gasteiger charge is 2.42. The van der Waals surface area contributed by atoms with Crippen LogP contribution in [0.1, 0.15) is 68.9 Å². The first-order valence-electron chi connectivity index (χ1n) is 20.1. The molecule has 4 rings (SSSR count). The minimum absolute atomic E-state index is 0.0377. The average molecular weight is 808 g/mol. The Balaban J connectivity index is 1.25. The van der Waals surface area contributed by atoms with Crippen LogP contribution >= 0.6 is 11.8 Å². The van der Waals surface area contributed by atoms with Crippen LogP contribution in [0, 0.1) is 0 Å². The number of amides is 7. The van der Waals surface area contributed by atoms with Crippen LogP contribution in [0.4, 0.5) is 4.79 Å². The molecule has 16 heteroatoms. The van der Waals surface area contributed by atoms with Gasteiger partial charge in [-0.1, -0.05) is 67.1 Å². The first-order chi connectivity index (χ1) is 27.5. The van der Waals surface area contributed by atoms with E-state index >= 15 is 0 Å². The van der Waals surface area contributed by atoms with Crippen molar-refractivity contribution in [2.45, 2.75) is 94.3 Å². The van der Waals surface area contributed by atoms with E-state index in [2.05, 4.69) is 21.3 Å². The normalized spacial score (nSPS) is 17.6. The van der Waals surface area contributed by atoms with Crippen molar-refractivity contribution >= 4 is 47.3 Å². The van der Waals surface area contributed by atoms with Crippen molar-refractivity contribution in [1.29, 1.82) is 0 Å². The molecule has 312 valence electrons. The number of carbonyl (C=O) groups is 6. The Morgan fingerprint density at radius 3 is 2.11 bits per heavy atom. The number of unbranched alkanes of at least 4 members (excludes halogenated alkanes) is 3. The van der Waals surface area contributed by atoms with Crippen LogP contribution < -0.4 is 32.7 Å². The topological polar surface area (TPSA) is 212 Å². The number of hydrogen-bond acceptors (Lipinski definition) is 9. The zero-order valence-corrected chi connectivity index (χ0v) is 34.0. The van der Waals surface area contributed by atoms with E-state index in [1.807, 2.05) is 84.4 Å². The lowest BCUT2D eigenvalue weighted by atomic mass is 10.0. The molecule has 4 atom stereocenters. The molecule has 7 amide bonds. The van der Waals surface area contributed by atoms with Crippen LogP contribution in [-0.2, 0) is 37.1 Å². The lowest BCUT2D eigenvalue weighted by Gasteiger charge is -2.29. The number of fused-ring (bicyclic) bond motifs is 1. The van der Waals surface area contributed by atoms with Crippen LogP contribution in [0.3, 0.4) is 0 Å². The Morgan fingerprint density at radius 1 is 0.807 bits per heavy atom. The van der Waals surface area contributed by atoms with Crippen LogP contribution in [0.5, 0.6) is 0 Å². The van der Waals surface area contributed by atoms with E-state index in [-0.39, 0.29) is 69.1 Å². The molecule has 2 heterocycles. The lowest BCUT2D eigenvalue weighted by Crippen LogP contribution is -2.51. The fourth-order valence-corrected chi connectivity index (χ4v) is 8.58. The van der Waals surface area contributed by atoms with Crippen LogP contribution in [0.15, 0.2) is 60.7 Å². The van der Waals surface area contributed by atoms with Gasteiger partial charge in [0.2, 0.25) is 29.5 Å². The number of nitrogens with two attached hydrogens (primary N) is 2. The van der Waals surface area contributed by atoms with Crippen molar-refractivity contribution < 1.29 is 28.8 Å². The molecule has 2 aromatic carbocycles. The Labute approximate surface area is 340 Å². The molecule has 0 spiro atoms. The van der Waals surface area contributed by atoms with E-state index in [0.29, 0.717) is 44.1 Å². The number of urea groups is 1. The van der Waals surface area contributed by atoms with Crippen LogP contribution in [-0.4, -0.2) is 126 Å². The predicted molar refractivity (Wildman–Crippen MR) is 221 cm³/mol. The highest BCUT2D eigenvalue weighted by atomic mass is 32.2. The molecule has 2 fully saturated rings. The maximum atomic E-state index is 14.0. The van der Waals surface area contributed by atoms with Crippen molar-refractivity contribution in [1.82, 2.24) is 36.0 Å². The zero-order chi connectivity index (χ0) is 41.0. The summed E-state index contributed by atoms with van der Waals surface area (Å²) in [4.78, 5) is 82.2. The second-order valence-corrected chi connectivity index (χ2v) is 16.2. The van der Waals surface area contributed by atoms with E-state index in [1.54, 1.807) is 0 Å². The molecule has 2 aliphatic heterocycles. The van der Waals surface area contributed by atoms with Crippen LogP contribution in [0.2, 0.25) is 0 Å². The summed E-state index contributed by atoms with van der Waals surface area (Å²) in [7, 11) is 1.86. The molecule has 0 aromatic heterocycles. The molecule has 2 aliphatic rings. The molecule has 57 heavy (non-hydrogen) atoms. The van der Waals surface area contributed by atoms with Gasteiger partial charge in [0.15, 0.2) is 0 Å². The van der Waals surface area contributed by atoms with E-state index < -0.39 is 23.8 Å². The van der Waals surface area contributed by atoms with E-state index in [0.717, 1.165) is 49.0 Å². The molecule has 0 aliphatic carbocycles. The summed E-state index contributed by atoms with van der Waals surface area (Å²) in [5.41, 5.74) is 13.0. The number of likely N-dealkylation sites (N-methyl/N-ethyl adjacent to an activating group) is 1. The van der Waals surface area contributed by atoms with E-state index in [4.69, 9.17) is 11.5 Å². The van der Waals surface area contributed by atoms with Gasteiger partial charge in [-0.3, -0.25) is 28.9 Å². The first kappa shape index (κ1) is 45.0. The summed E-state index contributed by atoms with van der Waals surface area (Å²) < 4.78 is 0. The number of hydrogen-bond donors (Lipinski definition) is 6. The monoisotopic (exact) mass is 807 g/mol. The summed E-state index contributed by atoms with van der Waals surface area (Å²) >= 11 is 1.86. The Hall–Kier alpha value is -4.67. The largest absolute Gasteiger partial charge is 0.368 e. The molecule has 15 nitrogen and oxygen atoms in total. The standard InChI is InChI=1S/C41H61N9O6S/c1-48(23-13-11-21-42)27-37(53)50(25-31-16-6-3-7-17-31)28-38(54)49(24-30-14-4-2-5-15-30)26-36(52)45-32(40(43)55)18-10-12-22-44-35(51)20-9-8-19-34-39-33(29-57-34)46-41(56)47-39/h2-7,14-17,32-34,39H,8-13,18-29,42H2,1H3,(H2,43,55)(H,44,51)(H,45,52)(H2,46,47,56)/t32-,33-,34?,39-/m0/s1. The van der Waals surface area contributed by atoms with Crippen molar-refractivity contribution in [2.24, 2.45) is 11.5 Å². The Bertz CT molecular complexity index is 1600. The van der Waals surface area contributed by atoms with Gasteiger partial charge in [0.1, 0.15) is 12.6 Å². The van der Waals surface area contributed by atoms with Gasteiger partial charge in [-0.05, 0) is 76.2 Å². The van der Waals surface area contributed by atoms with Crippen LogP contribution in [0.25, 0.3) is 0 Å². The van der Waals surface area contributed by atoms with Gasteiger partial charge in [0.25, 0.3) is 0 Å². The van der Waals surface area contributed by atoms with Crippen molar-refractivity contribution in [2.75, 3.05) is 52.1 Å². The van der Waals surface area contributed by atoms with Crippen molar-refractivity contribution in [3.63, 3.8) is 0 Å². The summed E-state index contributed by atoms with van der Waals surface area (Å²) in [5, 5.41) is 11.9. The fraction of sp³-hybridized carbons (Fsp3) is 0.561. The molecule has 8 N–H and O–H groups in total. The lowest BCUT2D eigenvalue weighted by molar-refractivity contribution is -0.143. The van der Waals surface area contributed by atoms with Gasteiger partial charge in [-0.15, -0.1) is 0 Å². The van der Waals surface area contributed by atoms with Gasteiger partial charge < -0.3 is 42.5 Å². The second kappa shape index (κ2) is 24.2. The minimum Gasteiger partial charge on any atom is -0.368 e. The van der Waals surface area contributed by atoms with Crippen molar-refractivity contribution in [3.05, 3.63) is 71.8 Å². The third kappa shape index (κ3) is 16.0. The number of thioether (sulfide) groups is 1. The number of primary amides is 1. The van der Waals surface area contributed by atoms with Gasteiger partial charge in [-0.2, -0.15) is 11.8 Å². The van der Waals surface area contributed by atoms with Gasteiger partial charge in [0.05, 0.1) is 25.2 Å². The first-order valence-corrected chi connectivity index (χ1v) is 21.1. The summed E-state index contributed by atoms with van der Waals surface area (Å²) in [6.45, 7) is 1.57. The molecular weight excluding hydrogens is 747 g/mol. The maximum absolute atomic E-state index is 14.0. The third-order valence-electron chi connectivity index (χ3n) is 10.2. The zero-order valence-electron chi connectivity index (χ0n) is 33.2. The van der Waals surface area contributed by atoms with Gasteiger partial charge >= 0.3 is 6.03 Å². The van der Waals surface area contributed by atoms with E-state index in [9.17, 15) is 28.8 Å². The average Bonchev–Trinajstić information content (AvgIpc) is 3.75. The molecular formula is C41H61N9O6S. The molecule has 2 aromatic rings.